The molecule has 5 heteroatoms. The molecule has 1 aliphatic heterocycles. The quantitative estimate of drug-likeness (QED) is 0.781. The van der Waals surface area contributed by atoms with Gasteiger partial charge in [0.2, 0.25) is 0 Å². The second-order valence-corrected chi connectivity index (χ2v) is 6.17. The average molecular weight is 307 g/mol. The molecule has 1 unspecified atom stereocenters. The van der Waals surface area contributed by atoms with E-state index in [4.69, 9.17) is 10.1 Å². The molecule has 0 radical (unpaired) electrons. The number of hydrogen-bond acceptors (Lipinski definition) is 4. The summed E-state index contributed by atoms with van der Waals surface area (Å²) in [6.07, 6.45) is 1.13. The Labute approximate surface area is 135 Å². The first-order chi connectivity index (χ1) is 11.2. The number of nitrogens with zero attached hydrogens (tertiary/aromatic N) is 3. The van der Waals surface area contributed by atoms with Gasteiger partial charge in [-0.25, -0.2) is 4.98 Å². The normalized spacial score (nSPS) is 17.7. The summed E-state index contributed by atoms with van der Waals surface area (Å²) in [5.74, 6) is 1.06. The molecule has 3 aromatic rings. The predicted octanol–water partition coefficient (Wildman–Crippen LogP) is 2.79. The van der Waals surface area contributed by atoms with Crippen LogP contribution in [0.15, 0.2) is 36.4 Å². The lowest BCUT2D eigenvalue weighted by atomic mass is 10.2. The number of hydrogen-bond donors (Lipinski definition) is 2. The summed E-state index contributed by atoms with van der Waals surface area (Å²) in [5, 5.41) is 11.9. The lowest BCUT2D eigenvalue weighted by Gasteiger charge is -2.17. The Morgan fingerprint density at radius 3 is 2.78 bits per heavy atom. The van der Waals surface area contributed by atoms with Crippen molar-refractivity contribution in [1.82, 2.24) is 19.9 Å². The maximum absolute atomic E-state index is 4.80. The number of rotatable bonds is 3. The van der Waals surface area contributed by atoms with Gasteiger partial charge in [-0.15, -0.1) is 0 Å². The Morgan fingerprint density at radius 2 is 2.04 bits per heavy atom. The third kappa shape index (κ3) is 2.57. The van der Waals surface area contributed by atoms with E-state index in [1.807, 2.05) is 22.7 Å². The van der Waals surface area contributed by atoms with Crippen molar-refractivity contribution in [1.29, 1.82) is 0 Å². The maximum atomic E-state index is 4.80. The summed E-state index contributed by atoms with van der Waals surface area (Å²) in [6, 6.07) is 12.7. The van der Waals surface area contributed by atoms with Gasteiger partial charge >= 0.3 is 0 Å². The fourth-order valence-corrected chi connectivity index (χ4v) is 3.09. The Balaban J connectivity index is 1.83. The van der Waals surface area contributed by atoms with Crippen LogP contribution in [-0.4, -0.2) is 33.7 Å². The van der Waals surface area contributed by atoms with E-state index in [2.05, 4.69) is 42.7 Å². The minimum atomic E-state index is 0.447. The van der Waals surface area contributed by atoms with E-state index < -0.39 is 0 Å². The largest absolute Gasteiger partial charge is 0.366 e. The van der Waals surface area contributed by atoms with Crippen molar-refractivity contribution in [3.63, 3.8) is 0 Å². The first-order valence-electron chi connectivity index (χ1n) is 8.12. The van der Waals surface area contributed by atoms with E-state index in [1.54, 1.807) is 0 Å². The van der Waals surface area contributed by atoms with Gasteiger partial charge in [-0.3, -0.25) is 0 Å². The highest BCUT2D eigenvalue weighted by molar-refractivity contribution is 5.66. The molecule has 118 valence electrons. The van der Waals surface area contributed by atoms with Crippen LogP contribution in [0.1, 0.15) is 17.7 Å². The Morgan fingerprint density at radius 1 is 1.22 bits per heavy atom. The highest BCUT2D eigenvalue weighted by atomic mass is 15.3. The number of aryl methyl sites for hydroxylation is 1. The summed E-state index contributed by atoms with van der Waals surface area (Å²) in [4.78, 5) is 4.70. The average Bonchev–Trinajstić information content (AvgIpc) is 3.22. The van der Waals surface area contributed by atoms with Gasteiger partial charge in [0.1, 0.15) is 5.82 Å². The summed E-state index contributed by atoms with van der Waals surface area (Å²) < 4.78 is 1.95. The molecule has 1 aromatic carbocycles. The van der Waals surface area contributed by atoms with Crippen LogP contribution in [0.4, 0.5) is 5.82 Å². The fraction of sp³-hybridized carbons (Fsp3) is 0.333. The smallest absolute Gasteiger partial charge is 0.158 e. The van der Waals surface area contributed by atoms with Gasteiger partial charge in [-0.05, 0) is 26.8 Å². The first kappa shape index (κ1) is 14.2. The van der Waals surface area contributed by atoms with Crippen LogP contribution in [0, 0.1) is 13.8 Å². The third-order valence-electron chi connectivity index (χ3n) is 4.55. The summed E-state index contributed by atoms with van der Waals surface area (Å²) >= 11 is 0. The first-order valence-corrected chi connectivity index (χ1v) is 8.12. The molecule has 1 atom stereocenters. The molecule has 0 amide bonds. The number of benzene rings is 1. The molecule has 1 aliphatic rings. The van der Waals surface area contributed by atoms with Gasteiger partial charge in [0.15, 0.2) is 5.65 Å². The minimum absolute atomic E-state index is 0.447. The molecule has 4 rings (SSSR count). The standard InChI is InChI=1S/C18H21N5/c1-12-13(2)20-17-10-16(14-6-4-3-5-7-14)22-23(17)18(12)21-15-8-9-19-11-15/h3-7,10,15,19,21H,8-9,11H2,1-2H3. The zero-order valence-electron chi connectivity index (χ0n) is 13.5. The van der Waals surface area contributed by atoms with E-state index in [1.165, 1.54) is 0 Å². The van der Waals surface area contributed by atoms with Crippen molar-refractivity contribution in [2.24, 2.45) is 0 Å². The van der Waals surface area contributed by atoms with Gasteiger partial charge in [0, 0.05) is 35.5 Å². The molecule has 0 saturated carbocycles. The maximum Gasteiger partial charge on any atom is 0.158 e. The molecule has 23 heavy (non-hydrogen) atoms. The van der Waals surface area contributed by atoms with Crippen molar-refractivity contribution >= 4 is 11.5 Å². The zero-order valence-corrected chi connectivity index (χ0v) is 13.5. The van der Waals surface area contributed by atoms with E-state index >= 15 is 0 Å². The number of nitrogens with one attached hydrogen (secondary N) is 2. The molecular weight excluding hydrogens is 286 g/mol. The Bertz CT molecular complexity index is 831. The molecule has 2 aromatic heterocycles. The molecule has 0 aliphatic carbocycles. The molecule has 2 N–H and O–H groups in total. The third-order valence-corrected chi connectivity index (χ3v) is 4.55. The van der Waals surface area contributed by atoms with E-state index in [9.17, 15) is 0 Å². The van der Waals surface area contributed by atoms with Crippen LogP contribution in [0.5, 0.6) is 0 Å². The molecule has 3 heterocycles. The van der Waals surface area contributed by atoms with Gasteiger partial charge in [-0.1, -0.05) is 30.3 Å². The van der Waals surface area contributed by atoms with Crippen molar-refractivity contribution < 1.29 is 0 Å². The van der Waals surface area contributed by atoms with Crippen LogP contribution in [0.25, 0.3) is 16.9 Å². The Hall–Kier alpha value is -2.40. The monoisotopic (exact) mass is 307 g/mol. The van der Waals surface area contributed by atoms with Crippen molar-refractivity contribution in [3.8, 4) is 11.3 Å². The summed E-state index contributed by atoms with van der Waals surface area (Å²) in [6.45, 7) is 6.23. The van der Waals surface area contributed by atoms with Crippen LogP contribution < -0.4 is 10.6 Å². The molecule has 1 fully saturated rings. The van der Waals surface area contributed by atoms with Crippen molar-refractivity contribution in [2.75, 3.05) is 18.4 Å². The van der Waals surface area contributed by atoms with Gasteiger partial charge in [-0.2, -0.15) is 9.61 Å². The fourth-order valence-electron chi connectivity index (χ4n) is 3.09. The van der Waals surface area contributed by atoms with Gasteiger partial charge in [0.05, 0.1) is 5.69 Å². The van der Waals surface area contributed by atoms with Crippen molar-refractivity contribution in [2.45, 2.75) is 26.3 Å². The second-order valence-electron chi connectivity index (χ2n) is 6.17. The highest BCUT2D eigenvalue weighted by Gasteiger charge is 2.19. The van der Waals surface area contributed by atoms with Crippen LogP contribution in [0.3, 0.4) is 0 Å². The van der Waals surface area contributed by atoms with E-state index in [0.717, 1.165) is 53.5 Å². The highest BCUT2D eigenvalue weighted by Crippen LogP contribution is 2.25. The van der Waals surface area contributed by atoms with Crippen LogP contribution in [-0.2, 0) is 0 Å². The van der Waals surface area contributed by atoms with E-state index in [-0.39, 0.29) is 0 Å². The number of aromatic nitrogens is 3. The lowest BCUT2D eigenvalue weighted by Crippen LogP contribution is -2.24. The van der Waals surface area contributed by atoms with Crippen LogP contribution >= 0.6 is 0 Å². The topological polar surface area (TPSA) is 54.2 Å². The number of fused-ring (bicyclic) bond motifs is 1. The molecule has 1 saturated heterocycles. The van der Waals surface area contributed by atoms with Gasteiger partial charge < -0.3 is 10.6 Å². The van der Waals surface area contributed by atoms with Crippen molar-refractivity contribution in [3.05, 3.63) is 47.7 Å². The molecule has 0 spiro atoms. The summed E-state index contributed by atoms with van der Waals surface area (Å²) in [7, 11) is 0. The molecule has 0 bridgehead atoms. The van der Waals surface area contributed by atoms with E-state index in [0.29, 0.717) is 6.04 Å². The zero-order chi connectivity index (χ0) is 15.8. The predicted molar refractivity (Wildman–Crippen MR) is 92.8 cm³/mol. The van der Waals surface area contributed by atoms with Crippen LogP contribution in [0.2, 0.25) is 0 Å². The number of anilines is 1. The Kier molecular flexibility index (Phi) is 3.50. The molecule has 5 nitrogen and oxygen atoms in total. The SMILES string of the molecule is Cc1nc2cc(-c3ccccc3)nn2c(NC2CCNC2)c1C. The second kappa shape index (κ2) is 5.66. The summed E-state index contributed by atoms with van der Waals surface area (Å²) in [5.41, 5.74) is 5.16. The molecular formula is C18H21N5. The van der Waals surface area contributed by atoms with Gasteiger partial charge in [0.25, 0.3) is 0 Å². The lowest BCUT2D eigenvalue weighted by molar-refractivity contribution is 0.771. The minimum Gasteiger partial charge on any atom is -0.366 e.